The van der Waals surface area contributed by atoms with Gasteiger partial charge in [-0.15, -0.1) is 0 Å². The van der Waals surface area contributed by atoms with E-state index < -0.39 is 0 Å². The predicted octanol–water partition coefficient (Wildman–Crippen LogP) is 2.29. The number of guanidine groups is 1. The van der Waals surface area contributed by atoms with Crippen molar-refractivity contribution in [1.29, 1.82) is 0 Å². The van der Waals surface area contributed by atoms with Gasteiger partial charge in [0, 0.05) is 18.8 Å². The summed E-state index contributed by atoms with van der Waals surface area (Å²) in [6, 6.07) is 7.57. The van der Waals surface area contributed by atoms with Crippen LogP contribution in [0, 0.1) is 6.92 Å². The SMILES string of the molecule is CCNC(=NCCCc1cn[nH]c1C)NCCOc1ccc(OC)cc1. The molecule has 7 heteroatoms. The van der Waals surface area contributed by atoms with Gasteiger partial charge in [-0.05, 0) is 56.5 Å². The van der Waals surface area contributed by atoms with Gasteiger partial charge in [-0.3, -0.25) is 10.1 Å². The first-order valence-electron chi connectivity index (χ1n) is 9.00. The molecule has 0 aliphatic rings. The minimum absolute atomic E-state index is 0.560. The molecule has 0 saturated carbocycles. The maximum absolute atomic E-state index is 5.71. The van der Waals surface area contributed by atoms with Crippen LogP contribution >= 0.6 is 0 Å². The number of benzene rings is 1. The van der Waals surface area contributed by atoms with Gasteiger partial charge in [0.05, 0.1) is 19.9 Å². The van der Waals surface area contributed by atoms with Crippen LogP contribution in [0.1, 0.15) is 24.6 Å². The fourth-order valence-electron chi connectivity index (χ4n) is 2.44. The van der Waals surface area contributed by atoms with E-state index in [1.807, 2.05) is 37.4 Å². The Morgan fingerprint density at radius 3 is 2.62 bits per heavy atom. The summed E-state index contributed by atoms with van der Waals surface area (Å²) in [6.07, 6.45) is 3.85. The second-order valence-electron chi connectivity index (χ2n) is 5.84. The van der Waals surface area contributed by atoms with Crippen molar-refractivity contribution >= 4 is 5.96 Å². The average molecular weight is 359 g/mol. The molecule has 0 amide bonds. The lowest BCUT2D eigenvalue weighted by atomic mass is 10.1. The number of nitrogens with one attached hydrogen (secondary N) is 3. The highest BCUT2D eigenvalue weighted by molar-refractivity contribution is 5.79. The van der Waals surface area contributed by atoms with E-state index in [1.54, 1.807) is 7.11 Å². The molecule has 1 aromatic heterocycles. The van der Waals surface area contributed by atoms with Crippen LogP contribution in [0.25, 0.3) is 0 Å². The number of ether oxygens (including phenoxy) is 2. The molecule has 0 bridgehead atoms. The van der Waals surface area contributed by atoms with Gasteiger partial charge in [-0.25, -0.2) is 0 Å². The van der Waals surface area contributed by atoms with E-state index >= 15 is 0 Å². The number of nitrogens with zero attached hydrogens (tertiary/aromatic N) is 2. The first-order chi connectivity index (χ1) is 12.7. The molecule has 0 aliphatic carbocycles. The molecule has 26 heavy (non-hydrogen) atoms. The van der Waals surface area contributed by atoms with Crippen molar-refractivity contribution in [2.45, 2.75) is 26.7 Å². The third-order valence-electron chi connectivity index (χ3n) is 3.88. The normalized spacial score (nSPS) is 11.3. The fourth-order valence-corrected chi connectivity index (χ4v) is 2.44. The van der Waals surface area contributed by atoms with Crippen molar-refractivity contribution in [3.63, 3.8) is 0 Å². The molecular formula is C19H29N5O2. The van der Waals surface area contributed by atoms with Gasteiger partial charge in [-0.1, -0.05) is 0 Å². The molecule has 0 unspecified atom stereocenters. The average Bonchev–Trinajstić information content (AvgIpc) is 3.07. The van der Waals surface area contributed by atoms with E-state index in [4.69, 9.17) is 9.47 Å². The lowest BCUT2D eigenvalue weighted by molar-refractivity contribution is 0.321. The zero-order valence-electron chi connectivity index (χ0n) is 15.8. The van der Waals surface area contributed by atoms with Crippen molar-refractivity contribution in [2.75, 3.05) is 33.4 Å². The topological polar surface area (TPSA) is 83.6 Å². The molecular weight excluding hydrogens is 330 g/mol. The Kier molecular flexibility index (Phi) is 8.32. The highest BCUT2D eigenvalue weighted by Crippen LogP contribution is 2.16. The number of hydrogen-bond acceptors (Lipinski definition) is 4. The predicted molar refractivity (Wildman–Crippen MR) is 104 cm³/mol. The summed E-state index contributed by atoms with van der Waals surface area (Å²) in [5, 5.41) is 13.5. The Morgan fingerprint density at radius 2 is 1.96 bits per heavy atom. The zero-order chi connectivity index (χ0) is 18.6. The van der Waals surface area contributed by atoms with Crippen LogP contribution in [0.3, 0.4) is 0 Å². The van der Waals surface area contributed by atoms with Crippen LogP contribution < -0.4 is 20.1 Å². The summed E-state index contributed by atoms with van der Waals surface area (Å²) in [7, 11) is 1.65. The highest BCUT2D eigenvalue weighted by atomic mass is 16.5. The van der Waals surface area contributed by atoms with E-state index in [0.717, 1.165) is 49.1 Å². The number of aliphatic imine (C=N–C) groups is 1. The summed E-state index contributed by atoms with van der Waals surface area (Å²) < 4.78 is 10.8. The van der Waals surface area contributed by atoms with Crippen molar-refractivity contribution in [1.82, 2.24) is 20.8 Å². The molecule has 0 saturated heterocycles. The van der Waals surface area contributed by atoms with Gasteiger partial charge in [0.1, 0.15) is 18.1 Å². The number of aromatic amines is 1. The van der Waals surface area contributed by atoms with Gasteiger partial charge in [-0.2, -0.15) is 5.10 Å². The first kappa shape index (κ1) is 19.6. The number of H-pyrrole nitrogens is 1. The van der Waals surface area contributed by atoms with Crippen molar-refractivity contribution < 1.29 is 9.47 Å². The summed E-state index contributed by atoms with van der Waals surface area (Å²) in [5.74, 6) is 2.46. The van der Waals surface area contributed by atoms with Crippen LogP contribution in [0.4, 0.5) is 0 Å². The Hall–Kier alpha value is -2.70. The standard InChI is InChI=1S/C19H29N5O2/c1-4-20-19(21-11-5-6-16-14-23-24-15(16)2)22-12-13-26-18-9-7-17(25-3)8-10-18/h7-10,14H,4-6,11-13H2,1-3H3,(H,23,24)(H2,20,21,22). The summed E-state index contributed by atoms with van der Waals surface area (Å²) in [4.78, 5) is 4.60. The van der Waals surface area contributed by atoms with Crippen LogP contribution in [0.5, 0.6) is 11.5 Å². The van der Waals surface area contributed by atoms with Gasteiger partial charge < -0.3 is 20.1 Å². The van der Waals surface area contributed by atoms with Crippen molar-refractivity contribution in [3.05, 3.63) is 41.7 Å². The highest BCUT2D eigenvalue weighted by Gasteiger charge is 2.01. The first-order valence-corrected chi connectivity index (χ1v) is 9.00. The molecule has 0 radical (unpaired) electrons. The number of aryl methyl sites for hydroxylation is 2. The van der Waals surface area contributed by atoms with Gasteiger partial charge in [0.25, 0.3) is 0 Å². The molecule has 1 heterocycles. The Morgan fingerprint density at radius 1 is 1.19 bits per heavy atom. The second-order valence-corrected chi connectivity index (χ2v) is 5.84. The molecule has 142 valence electrons. The number of methoxy groups -OCH3 is 1. The lowest BCUT2D eigenvalue weighted by Crippen LogP contribution is -2.39. The van der Waals surface area contributed by atoms with E-state index in [-0.39, 0.29) is 0 Å². The monoisotopic (exact) mass is 359 g/mol. The molecule has 0 spiro atoms. The molecule has 0 aliphatic heterocycles. The maximum Gasteiger partial charge on any atom is 0.191 e. The summed E-state index contributed by atoms with van der Waals surface area (Å²) in [5.41, 5.74) is 2.39. The maximum atomic E-state index is 5.71. The molecule has 0 fully saturated rings. The Balaban J connectivity index is 1.68. The number of rotatable bonds is 10. The van der Waals surface area contributed by atoms with Crippen molar-refractivity contribution in [3.8, 4) is 11.5 Å². The van der Waals surface area contributed by atoms with E-state index in [0.29, 0.717) is 13.2 Å². The summed E-state index contributed by atoms with van der Waals surface area (Å²) >= 11 is 0. The molecule has 2 rings (SSSR count). The van der Waals surface area contributed by atoms with Crippen LogP contribution in [0.2, 0.25) is 0 Å². The summed E-state index contributed by atoms with van der Waals surface area (Å²) in [6.45, 7) is 6.93. The van der Waals surface area contributed by atoms with E-state index in [9.17, 15) is 0 Å². The lowest BCUT2D eigenvalue weighted by Gasteiger charge is -2.12. The van der Waals surface area contributed by atoms with Gasteiger partial charge >= 0.3 is 0 Å². The smallest absolute Gasteiger partial charge is 0.191 e. The largest absolute Gasteiger partial charge is 0.497 e. The zero-order valence-corrected chi connectivity index (χ0v) is 15.8. The minimum Gasteiger partial charge on any atom is -0.497 e. The Bertz CT molecular complexity index is 667. The second kappa shape index (κ2) is 11.0. The third-order valence-corrected chi connectivity index (χ3v) is 3.88. The quantitative estimate of drug-likeness (QED) is 0.344. The van der Waals surface area contributed by atoms with Crippen LogP contribution in [-0.4, -0.2) is 49.5 Å². The molecule has 1 aromatic carbocycles. The Labute approximate surface area is 155 Å². The fraction of sp³-hybridized carbons (Fsp3) is 0.474. The molecule has 7 nitrogen and oxygen atoms in total. The molecule has 0 atom stereocenters. The van der Waals surface area contributed by atoms with Gasteiger partial charge in [0.2, 0.25) is 0 Å². The van der Waals surface area contributed by atoms with Crippen LogP contribution in [-0.2, 0) is 6.42 Å². The number of hydrogen-bond donors (Lipinski definition) is 3. The molecule has 2 aromatic rings. The van der Waals surface area contributed by atoms with E-state index in [2.05, 4.69) is 32.7 Å². The van der Waals surface area contributed by atoms with E-state index in [1.165, 1.54) is 5.56 Å². The van der Waals surface area contributed by atoms with Crippen LogP contribution in [0.15, 0.2) is 35.5 Å². The van der Waals surface area contributed by atoms with Crippen molar-refractivity contribution in [2.24, 2.45) is 4.99 Å². The molecule has 3 N–H and O–H groups in total. The third kappa shape index (κ3) is 6.66. The minimum atomic E-state index is 0.560. The number of aromatic nitrogens is 2. The van der Waals surface area contributed by atoms with Gasteiger partial charge in [0.15, 0.2) is 5.96 Å².